The number of aryl methyl sites for hydroxylation is 4. The minimum Gasteiger partial charge on any atom is -0.356 e. The highest BCUT2D eigenvalue weighted by molar-refractivity contribution is 14.0. The van der Waals surface area contributed by atoms with Crippen LogP contribution in [0.5, 0.6) is 0 Å². The SMILES string of the molecule is CN=C(NCCCc1nc2c(s1)CCCC2)NCc1ncnn1C.I. The Morgan fingerprint density at radius 1 is 1.32 bits per heavy atom. The minimum atomic E-state index is 0. The third-order valence-electron chi connectivity index (χ3n) is 4.19. The number of nitrogens with one attached hydrogen (secondary N) is 2. The Balaban J connectivity index is 0.00000225. The van der Waals surface area contributed by atoms with Crippen molar-refractivity contribution in [3.8, 4) is 0 Å². The standard InChI is InChI=1S/C16H25N7S.HI/c1-17-16(19-10-14-20-11-21-23(14)2)18-9-5-8-15-22-12-6-3-4-7-13(12)24-15;/h11H,3-10H2,1-2H3,(H2,17,18,19);1H. The van der Waals surface area contributed by atoms with Gasteiger partial charge in [-0.25, -0.2) is 9.97 Å². The molecular formula is C16H26IN7S. The summed E-state index contributed by atoms with van der Waals surface area (Å²) in [5.41, 5.74) is 1.36. The number of thiazole rings is 1. The molecule has 1 aliphatic carbocycles. The normalized spacial score (nSPS) is 13.9. The number of fused-ring (bicyclic) bond motifs is 1. The molecule has 0 atom stereocenters. The summed E-state index contributed by atoms with van der Waals surface area (Å²) in [6, 6.07) is 0. The first-order valence-electron chi connectivity index (χ1n) is 8.51. The van der Waals surface area contributed by atoms with Crippen LogP contribution in [0.15, 0.2) is 11.3 Å². The number of rotatable bonds is 6. The average molecular weight is 475 g/mol. The molecule has 0 spiro atoms. The minimum absolute atomic E-state index is 0. The zero-order valence-corrected chi connectivity index (χ0v) is 17.9. The van der Waals surface area contributed by atoms with Gasteiger partial charge in [0.15, 0.2) is 5.96 Å². The van der Waals surface area contributed by atoms with Crippen LogP contribution in [0.25, 0.3) is 0 Å². The lowest BCUT2D eigenvalue weighted by Gasteiger charge is -2.11. The molecule has 2 aromatic heterocycles. The van der Waals surface area contributed by atoms with Gasteiger partial charge in [0.2, 0.25) is 0 Å². The van der Waals surface area contributed by atoms with E-state index in [4.69, 9.17) is 4.98 Å². The maximum absolute atomic E-state index is 4.79. The van der Waals surface area contributed by atoms with Gasteiger partial charge in [-0.15, -0.1) is 35.3 Å². The van der Waals surface area contributed by atoms with Crippen LogP contribution in [0.3, 0.4) is 0 Å². The number of halogens is 1. The van der Waals surface area contributed by atoms with Crippen LogP contribution in [-0.2, 0) is 32.9 Å². The van der Waals surface area contributed by atoms with Crippen molar-refractivity contribution in [1.82, 2.24) is 30.4 Å². The highest BCUT2D eigenvalue weighted by atomic mass is 127. The van der Waals surface area contributed by atoms with E-state index < -0.39 is 0 Å². The summed E-state index contributed by atoms with van der Waals surface area (Å²) < 4.78 is 1.75. The van der Waals surface area contributed by atoms with Crippen LogP contribution in [0.4, 0.5) is 0 Å². The van der Waals surface area contributed by atoms with E-state index in [1.165, 1.54) is 41.3 Å². The molecule has 2 heterocycles. The highest BCUT2D eigenvalue weighted by Crippen LogP contribution is 2.27. The first kappa shape index (κ1) is 20.1. The Kier molecular flexibility index (Phi) is 8.07. The number of nitrogens with zero attached hydrogens (tertiary/aromatic N) is 5. The van der Waals surface area contributed by atoms with Gasteiger partial charge >= 0.3 is 0 Å². The fourth-order valence-electron chi connectivity index (χ4n) is 2.82. The fraction of sp³-hybridized carbons (Fsp3) is 0.625. The van der Waals surface area contributed by atoms with Gasteiger partial charge in [-0.05, 0) is 32.1 Å². The van der Waals surface area contributed by atoms with Crippen molar-refractivity contribution in [3.05, 3.63) is 27.7 Å². The maximum atomic E-state index is 4.79. The van der Waals surface area contributed by atoms with Gasteiger partial charge in [0.05, 0.1) is 17.2 Å². The highest BCUT2D eigenvalue weighted by Gasteiger charge is 2.14. The van der Waals surface area contributed by atoms with Crippen LogP contribution in [0.1, 0.15) is 40.7 Å². The Morgan fingerprint density at radius 2 is 2.16 bits per heavy atom. The van der Waals surface area contributed by atoms with Gasteiger partial charge < -0.3 is 10.6 Å². The lowest BCUT2D eigenvalue weighted by Crippen LogP contribution is -2.38. The van der Waals surface area contributed by atoms with Gasteiger partial charge in [-0.1, -0.05) is 0 Å². The molecule has 2 aromatic rings. The molecule has 0 radical (unpaired) electrons. The Hall–Kier alpha value is -1.23. The van der Waals surface area contributed by atoms with Crippen LogP contribution >= 0.6 is 35.3 Å². The molecule has 0 fully saturated rings. The molecular weight excluding hydrogens is 449 g/mol. The van der Waals surface area contributed by atoms with Gasteiger partial charge in [0, 0.05) is 31.9 Å². The summed E-state index contributed by atoms with van der Waals surface area (Å²) >= 11 is 1.91. The van der Waals surface area contributed by atoms with Crippen LogP contribution in [0, 0.1) is 0 Å². The van der Waals surface area contributed by atoms with Crippen LogP contribution in [0.2, 0.25) is 0 Å². The van der Waals surface area contributed by atoms with Crippen molar-refractivity contribution in [3.63, 3.8) is 0 Å². The summed E-state index contributed by atoms with van der Waals surface area (Å²) in [5, 5.41) is 11.9. The third-order valence-corrected chi connectivity index (χ3v) is 5.41. The smallest absolute Gasteiger partial charge is 0.191 e. The molecule has 9 heteroatoms. The first-order chi connectivity index (χ1) is 11.8. The molecule has 0 amide bonds. The predicted octanol–water partition coefficient (Wildman–Crippen LogP) is 2.07. The molecule has 1 aliphatic rings. The van der Waals surface area contributed by atoms with Gasteiger partial charge in [-0.3, -0.25) is 9.67 Å². The fourth-order valence-corrected chi connectivity index (χ4v) is 4.02. The summed E-state index contributed by atoms with van der Waals surface area (Å²) in [6.07, 6.45) is 8.66. The lowest BCUT2D eigenvalue weighted by molar-refractivity contribution is 0.667. The maximum Gasteiger partial charge on any atom is 0.191 e. The molecule has 0 unspecified atom stereocenters. The van der Waals surface area contributed by atoms with E-state index in [2.05, 4.69) is 25.7 Å². The molecule has 25 heavy (non-hydrogen) atoms. The lowest BCUT2D eigenvalue weighted by atomic mass is 10.0. The second kappa shape index (κ2) is 10.0. The average Bonchev–Trinajstić information content (AvgIpc) is 3.19. The number of guanidine groups is 1. The molecule has 0 saturated carbocycles. The third kappa shape index (κ3) is 5.63. The van der Waals surface area contributed by atoms with Gasteiger partial charge in [-0.2, -0.15) is 5.10 Å². The summed E-state index contributed by atoms with van der Waals surface area (Å²) in [7, 11) is 3.66. The van der Waals surface area contributed by atoms with Crippen LogP contribution < -0.4 is 10.6 Å². The van der Waals surface area contributed by atoms with Crippen molar-refractivity contribution in [1.29, 1.82) is 0 Å². The van der Waals surface area contributed by atoms with Gasteiger partial charge in [0.25, 0.3) is 0 Å². The molecule has 0 bridgehead atoms. The number of hydrogen-bond acceptors (Lipinski definition) is 5. The monoisotopic (exact) mass is 475 g/mol. The van der Waals surface area contributed by atoms with Gasteiger partial charge in [0.1, 0.15) is 12.2 Å². The number of hydrogen-bond donors (Lipinski definition) is 2. The first-order valence-corrected chi connectivity index (χ1v) is 9.32. The second-order valence-electron chi connectivity index (χ2n) is 5.94. The molecule has 7 nitrogen and oxygen atoms in total. The Bertz CT molecular complexity index is 671. The zero-order chi connectivity index (χ0) is 16.8. The van der Waals surface area contributed by atoms with E-state index in [1.54, 1.807) is 18.1 Å². The molecule has 0 aromatic carbocycles. The van der Waals surface area contributed by atoms with Crippen molar-refractivity contribution < 1.29 is 0 Å². The predicted molar refractivity (Wildman–Crippen MR) is 112 cm³/mol. The number of aromatic nitrogens is 4. The van der Waals surface area contributed by atoms with E-state index >= 15 is 0 Å². The molecule has 2 N–H and O–H groups in total. The molecule has 138 valence electrons. The molecule has 0 aliphatic heterocycles. The van der Waals surface area contributed by atoms with E-state index in [0.29, 0.717) is 6.54 Å². The van der Waals surface area contributed by atoms with E-state index in [-0.39, 0.29) is 24.0 Å². The van der Waals surface area contributed by atoms with Crippen molar-refractivity contribution in [2.45, 2.75) is 45.1 Å². The Labute approximate surface area is 169 Å². The van der Waals surface area contributed by atoms with Crippen LogP contribution in [-0.4, -0.2) is 39.3 Å². The summed E-state index contributed by atoms with van der Waals surface area (Å²) in [6.45, 7) is 1.48. The molecule has 0 saturated heterocycles. The quantitative estimate of drug-likeness (QED) is 0.290. The van der Waals surface area contributed by atoms with E-state index in [1.807, 2.05) is 18.4 Å². The second-order valence-corrected chi connectivity index (χ2v) is 7.11. The van der Waals surface area contributed by atoms with E-state index in [0.717, 1.165) is 31.2 Å². The zero-order valence-electron chi connectivity index (χ0n) is 14.8. The summed E-state index contributed by atoms with van der Waals surface area (Å²) in [5.74, 6) is 1.67. The van der Waals surface area contributed by atoms with Crippen molar-refractivity contribution in [2.75, 3.05) is 13.6 Å². The summed E-state index contributed by atoms with van der Waals surface area (Å²) in [4.78, 5) is 14.7. The largest absolute Gasteiger partial charge is 0.356 e. The number of aliphatic imine (C=N–C) groups is 1. The van der Waals surface area contributed by atoms with E-state index in [9.17, 15) is 0 Å². The molecule has 3 rings (SSSR count). The van der Waals surface area contributed by atoms with Crippen molar-refractivity contribution >= 4 is 41.3 Å². The topological polar surface area (TPSA) is 80.0 Å². The van der Waals surface area contributed by atoms with Crippen molar-refractivity contribution in [2.24, 2.45) is 12.0 Å². The Morgan fingerprint density at radius 3 is 2.88 bits per heavy atom.